The number of carbonyl (C=O) groups excluding carboxylic acids is 1. The van der Waals surface area contributed by atoms with Crippen LogP contribution in [-0.2, 0) is 6.18 Å². The van der Waals surface area contributed by atoms with E-state index in [1.165, 1.54) is 6.07 Å². The van der Waals surface area contributed by atoms with Crippen LogP contribution in [0, 0.1) is 17.4 Å². The monoisotopic (exact) mass is 420 g/mol. The van der Waals surface area contributed by atoms with Crippen LogP contribution in [0.2, 0.25) is 0 Å². The van der Waals surface area contributed by atoms with E-state index in [4.69, 9.17) is 0 Å². The first kappa shape index (κ1) is 16.7. The molecular formula is C15H12F3IN2O. The minimum Gasteiger partial charge on any atom is -0.321 e. The number of halogens is 4. The second-order valence-corrected chi connectivity index (χ2v) is 5.89. The van der Waals surface area contributed by atoms with Crippen molar-refractivity contribution in [3.05, 3.63) is 56.4 Å². The van der Waals surface area contributed by atoms with Crippen LogP contribution in [0.1, 0.15) is 27.3 Å². The highest BCUT2D eigenvalue weighted by atomic mass is 127. The van der Waals surface area contributed by atoms with Gasteiger partial charge in [0.25, 0.3) is 5.91 Å². The number of alkyl halides is 3. The standard InChI is InChI=1S/C15H12F3IN2O/c1-8-3-5-11(9(2)20-8)14(22)21-13-7-10(15(16,17)18)4-6-12(13)19/h3-7H,1-2H3,(H,21,22). The number of anilines is 1. The first-order valence-electron chi connectivity index (χ1n) is 6.31. The van der Waals surface area contributed by atoms with Gasteiger partial charge in [-0.1, -0.05) is 0 Å². The summed E-state index contributed by atoms with van der Waals surface area (Å²) in [5, 5.41) is 2.51. The van der Waals surface area contributed by atoms with Crippen molar-refractivity contribution in [1.82, 2.24) is 4.98 Å². The molecule has 0 saturated heterocycles. The van der Waals surface area contributed by atoms with Gasteiger partial charge in [0.15, 0.2) is 0 Å². The summed E-state index contributed by atoms with van der Waals surface area (Å²) in [4.78, 5) is 16.4. The number of nitrogens with zero attached hydrogens (tertiary/aromatic N) is 1. The van der Waals surface area contributed by atoms with Gasteiger partial charge in [-0.25, -0.2) is 0 Å². The Morgan fingerprint density at radius 3 is 2.45 bits per heavy atom. The molecule has 1 aromatic carbocycles. The number of carbonyl (C=O) groups is 1. The van der Waals surface area contributed by atoms with E-state index in [-0.39, 0.29) is 5.69 Å². The van der Waals surface area contributed by atoms with E-state index in [1.807, 2.05) is 22.6 Å². The first-order valence-corrected chi connectivity index (χ1v) is 7.38. The molecule has 116 valence electrons. The molecule has 1 aromatic heterocycles. The van der Waals surface area contributed by atoms with Crippen LogP contribution in [0.25, 0.3) is 0 Å². The fourth-order valence-corrected chi connectivity index (χ4v) is 2.38. The van der Waals surface area contributed by atoms with E-state index in [1.54, 1.807) is 26.0 Å². The highest BCUT2D eigenvalue weighted by Crippen LogP contribution is 2.32. The van der Waals surface area contributed by atoms with Crippen LogP contribution in [0.15, 0.2) is 30.3 Å². The van der Waals surface area contributed by atoms with Gasteiger partial charge in [0.05, 0.1) is 22.5 Å². The molecule has 0 aliphatic rings. The van der Waals surface area contributed by atoms with E-state index in [9.17, 15) is 18.0 Å². The predicted molar refractivity (Wildman–Crippen MR) is 85.8 cm³/mol. The van der Waals surface area contributed by atoms with Crippen LogP contribution in [0.4, 0.5) is 18.9 Å². The lowest BCUT2D eigenvalue weighted by atomic mass is 10.1. The number of hydrogen-bond donors (Lipinski definition) is 1. The van der Waals surface area contributed by atoms with Crippen molar-refractivity contribution in [2.75, 3.05) is 5.32 Å². The van der Waals surface area contributed by atoms with Gasteiger partial charge in [-0.3, -0.25) is 9.78 Å². The summed E-state index contributed by atoms with van der Waals surface area (Å²) in [6.07, 6.45) is -4.45. The summed E-state index contributed by atoms with van der Waals surface area (Å²) in [5.74, 6) is -0.484. The summed E-state index contributed by atoms with van der Waals surface area (Å²) in [6.45, 7) is 3.48. The maximum Gasteiger partial charge on any atom is 0.416 e. The van der Waals surface area contributed by atoms with E-state index >= 15 is 0 Å². The number of rotatable bonds is 2. The molecule has 1 N–H and O–H groups in total. The Kier molecular flexibility index (Phi) is 4.74. The molecule has 0 aliphatic carbocycles. The molecule has 0 spiro atoms. The molecule has 0 unspecified atom stereocenters. The van der Waals surface area contributed by atoms with E-state index in [2.05, 4.69) is 10.3 Å². The summed E-state index contributed by atoms with van der Waals surface area (Å²) < 4.78 is 38.8. The molecule has 1 heterocycles. The SMILES string of the molecule is Cc1ccc(C(=O)Nc2cc(C(F)(F)F)ccc2I)c(C)n1. The highest BCUT2D eigenvalue weighted by molar-refractivity contribution is 14.1. The van der Waals surface area contributed by atoms with Crippen molar-refractivity contribution >= 4 is 34.2 Å². The van der Waals surface area contributed by atoms with Crippen LogP contribution in [-0.4, -0.2) is 10.9 Å². The van der Waals surface area contributed by atoms with Crippen LogP contribution in [0.3, 0.4) is 0 Å². The summed E-state index contributed by atoms with van der Waals surface area (Å²) in [5.41, 5.74) is 0.948. The Hall–Kier alpha value is -1.64. The van der Waals surface area contributed by atoms with Crippen molar-refractivity contribution < 1.29 is 18.0 Å². The van der Waals surface area contributed by atoms with Gasteiger partial charge < -0.3 is 5.32 Å². The molecule has 0 saturated carbocycles. The van der Waals surface area contributed by atoms with E-state index < -0.39 is 17.6 Å². The molecule has 22 heavy (non-hydrogen) atoms. The fraction of sp³-hybridized carbons (Fsp3) is 0.200. The van der Waals surface area contributed by atoms with Gasteiger partial charge in [-0.05, 0) is 66.8 Å². The Bertz CT molecular complexity index is 729. The van der Waals surface area contributed by atoms with Gasteiger partial charge in [-0.15, -0.1) is 0 Å². The van der Waals surface area contributed by atoms with Crippen molar-refractivity contribution in [3.8, 4) is 0 Å². The lowest BCUT2D eigenvalue weighted by Crippen LogP contribution is -2.16. The molecule has 1 amide bonds. The zero-order chi connectivity index (χ0) is 16.5. The maximum absolute atomic E-state index is 12.7. The largest absolute Gasteiger partial charge is 0.416 e. The molecule has 0 radical (unpaired) electrons. The third-order valence-corrected chi connectivity index (χ3v) is 3.95. The maximum atomic E-state index is 12.7. The summed E-state index contributed by atoms with van der Waals surface area (Å²) in [7, 11) is 0. The second kappa shape index (κ2) is 6.23. The fourth-order valence-electron chi connectivity index (χ4n) is 1.91. The van der Waals surface area contributed by atoms with Crippen molar-refractivity contribution in [3.63, 3.8) is 0 Å². The number of hydrogen-bond acceptors (Lipinski definition) is 2. The van der Waals surface area contributed by atoms with E-state index in [0.717, 1.165) is 17.8 Å². The molecule has 0 bridgehead atoms. The van der Waals surface area contributed by atoms with Gasteiger partial charge in [0.2, 0.25) is 0 Å². The second-order valence-electron chi connectivity index (χ2n) is 4.73. The van der Waals surface area contributed by atoms with Crippen LogP contribution < -0.4 is 5.32 Å². The Balaban J connectivity index is 2.32. The molecule has 0 atom stereocenters. The average molecular weight is 420 g/mol. The van der Waals surface area contributed by atoms with Crippen LogP contribution in [0.5, 0.6) is 0 Å². The van der Waals surface area contributed by atoms with Crippen LogP contribution >= 0.6 is 22.6 Å². The van der Waals surface area contributed by atoms with Gasteiger partial charge >= 0.3 is 6.18 Å². The average Bonchev–Trinajstić information content (AvgIpc) is 2.39. The Morgan fingerprint density at radius 2 is 1.86 bits per heavy atom. The number of amides is 1. The molecule has 0 fully saturated rings. The number of pyridine rings is 1. The van der Waals surface area contributed by atoms with Crippen molar-refractivity contribution in [1.29, 1.82) is 0 Å². The minimum atomic E-state index is -4.45. The minimum absolute atomic E-state index is 0.125. The van der Waals surface area contributed by atoms with Gasteiger partial charge in [0.1, 0.15) is 0 Å². The Labute approximate surface area is 139 Å². The molecule has 7 heteroatoms. The Morgan fingerprint density at radius 1 is 1.18 bits per heavy atom. The third kappa shape index (κ3) is 3.76. The number of nitrogens with one attached hydrogen (secondary N) is 1. The van der Waals surface area contributed by atoms with Crippen molar-refractivity contribution in [2.24, 2.45) is 0 Å². The lowest BCUT2D eigenvalue weighted by Gasteiger charge is -2.12. The molecular weight excluding hydrogens is 408 g/mol. The normalized spacial score (nSPS) is 11.4. The van der Waals surface area contributed by atoms with Crippen molar-refractivity contribution in [2.45, 2.75) is 20.0 Å². The first-order chi connectivity index (χ1) is 10.2. The quantitative estimate of drug-likeness (QED) is 0.724. The number of aryl methyl sites for hydroxylation is 2. The lowest BCUT2D eigenvalue weighted by molar-refractivity contribution is -0.137. The number of benzene rings is 1. The predicted octanol–water partition coefficient (Wildman–Crippen LogP) is 4.57. The molecule has 0 aliphatic heterocycles. The number of aromatic nitrogens is 1. The molecule has 2 aromatic rings. The van der Waals surface area contributed by atoms with E-state index in [0.29, 0.717) is 14.8 Å². The molecule has 2 rings (SSSR count). The summed E-state index contributed by atoms with van der Waals surface area (Å²) >= 11 is 1.87. The third-order valence-electron chi connectivity index (χ3n) is 3.01. The summed E-state index contributed by atoms with van der Waals surface area (Å²) in [6, 6.07) is 6.51. The molecule has 3 nitrogen and oxygen atoms in total. The zero-order valence-electron chi connectivity index (χ0n) is 11.8. The highest BCUT2D eigenvalue weighted by Gasteiger charge is 2.31. The zero-order valence-corrected chi connectivity index (χ0v) is 13.9. The topological polar surface area (TPSA) is 42.0 Å². The van der Waals surface area contributed by atoms with Gasteiger partial charge in [-0.2, -0.15) is 13.2 Å². The van der Waals surface area contributed by atoms with Gasteiger partial charge in [0, 0.05) is 9.26 Å². The smallest absolute Gasteiger partial charge is 0.321 e.